The van der Waals surface area contributed by atoms with Crippen LogP contribution >= 0.6 is 34.3 Å². The van der Waals surface area contributed by atoms with Gasteiger partial charge in [0.1, 0.15) is 27.8 Å². The lowest BCUT2D eigenvalue weighted by molar-refractivity contribution is 0.241. The molecule has 0 aliphatic rings. The van der Waals surface area contributed by atoms with Crippen LogP contribution < -0.4 is 16.0 Å². The topological polar surface area (TPSA) is 113 Å². The first-order chi connectivity index (χ1) is 18.7. The molecule has 0 aliphatic carbocycles. The predicted octanol–water partition coefficient (Wildman–Crippen LogP) is 6.23. The molecule has 9 nitrogen and oxygen atoms in total. The van der Waals surface area contributed by atoms with Gasteiger partial charge < -0.3 is 10.5 Å². The first-order valence-corrected chi connectivity index (χ1v) is 14.3. The lowest BCUT2D eigenvalue weighted by atomic mass is 9.96. The molecule has 5 heterocycles. The van der Waals surface area contributed by atoms with Crippen LogP contribution in [-0.2, 0) is 0 Å². The molecule has 39 heavy (non-hydrogen) atoms. The molecule has 1 atom stereocenters. The molecule has 0 saturated carbocycles. The first kappa shape index (κ1) is 25.5. The van der Waals surface area contributed by atoms with E-state index in [4.69, 9.17) is 27.2 Å². The highest BCUT2D eigenvalue weighted by atomic mass is 35.5. The van der Waals surface area contributed by atoms with Crippen molar-refractivity contribution in [1.29, 1.82) is 0 Å². The van der Waals surface area contributed by atoms with Crippen LogP contribution in [-0.4, -0.2) is 35.2 Å². The Morgan fingerprint density at radius 2 is 1.95 bits per heavy atom. The Kier molecular flexibility index (Phi) is 6.37. The number of nitrogens with zero attached hydrogens (tertiary/aromatic N) is 6. The van der Waals surface area contributed by atoms with Gasteiger partial charge in [-0.1, -0.05) is 52.8 Å². The molecule has 0 radical (unpaired) electrons. The number of nitrogen functional groups attached to an aromatic ring is 1. The second kappa shape index (κ2) is 9.74. The molecule has 0 aliphatic heterocycles. The van der Waals surface area contributed by atoms with Crippen molar-refractivity contribution < 1.29 is 4.74 Å². The molecule has 6 rings (SSSR count). The summed E-state index contributed by atoms with van der Waals surface area (Å²) in [7, 11) is 0. The average Bonchev–Trinajstić information content (AvgIpc) is 3.61. The zero-order valence-corrected chi connectivity index (χ0v) is 23.9. The molecule has 0 bridgehead atoms. The number of aryl methyl sites for hydroxylation is 1. The Labute approximate surface area is 236 Å². The second-order valence-corrected chi connectivity index (χ2v) is 11.7. The molecule has 0 saturated heterocycles. The minimum absolute atomic E-state index is 0.00778. The van der Waals surface area contributed by atoms with Gasteiger partial charge in [0.05, 0.1) is 34.2 Å². The molecule has 0 unspecified atom stereocenters. The van der Waals surface area contributed by atoms with Gasteiger partial charge in [-0.3, -0.25) is 9.20 Å². The number of anilines is 1. The van der Waals surface area contributed by atoms with Crippen LogP contribution in [0.4, 0.5) is 5.82 Å². The van der Waals surface area contributed by atoms with Gasteiger partial charge in [-0.2, -0.15) is 5.10 Å². The number of nitrogens with two attached hydrogens (primary N) is 1. The fourth-order valence-corrected chi connectivity index (χ4v) is 6.71. The first-order valence-electron chi connectivity index (χ1n) is 12.2. The van der Waals surface area contributed by atoms with Crippen LogP contribution in [0.15, 0.2) is 53.0 Å². The summed E-state index contributed by atoms with van der Waals surface area (Å²) in [5.74, 6) is 0.313. The molecule has 1 aromatic carbocycles. The summed E-state index contributed by atoms with van der Waals surface area (Å²) in [6, 6.07) is 9.49. The number of halogens is 1. The van der Waals surface area contributed by atoms with Gasteiger partial charge in [0.15, 0.2) is 5.65 Å². The van der Waals surface area contributed by atoms with Crippen molar-refractivity contribution in [2.24, 2.45) is 0 Å². The van der Waals surface area contributed by atoms with E-state index in [0.717, 1.165) is 26.4 Å². The number of ether oxygens (including phenoxy) is 1. The summed E-state index contributed by atoms with van der Waals surface area (Å²) in [6.45, 7) is 7.89. The van der Waals surface area contributed by atoms with Gasteiger partial charge in [0.2, 0.25) is 0 Å². The number of benzene rings is 1. The average molecular weight is 578 g/mol. The highest BCUT2D eigenvalue weighted by molar-refractivity contribution is 7.17. The van der Waals surface area contributed by atoms with E-state index in [0.29, 0.717) is 38.5 Å². The predicted molar refractivity (Wildman–Crippen MR) is 157 cm³/mol. The summed E-state index contributed by atoms with van der Waals surface area (Å²) in [5.41, 5.74) is 10.5. The SMILES string of the molecule is Cc1cccc(-c2c([C@H](C)n3nc(-c4cnc(OC(C)C)s4)c4c(N)ncnc43)cc3scc(Cl)n3c2=O)c1. The maximum atomic E-state index is 13.9. The molecule has 5 aromatic heterocycles. The summed E-state index contributed by atoms with van der Waals surface area (Å²) in [5, 5.41) is 8.29. The van der Waals surface area contributed by atoms with E-state index in [-0.39, 0.29) is 17.7 Å². The van der Waals surface area contributed by atoms with E-state index in [1.807, 2.05) is 58.0 Å². The summed E-state index contributed by atoms with van der Waals surface area (Å²) < 4.78 is 9.12. The van der Waals surface area contributed by atoms with Crippen LogP contribution in [0.5, 0.6) is 5.19 Å². The molecule has 0 amide bonds. The maximum Gasteiger partial charge on any atom is 0.274 e. The Morgan fingerprint density at radius 1 is 1.13 bits per heavy atom. The Bertz CT molecular complexity index is 1920. The normalized spacial score (nSPS) is 12.6. The minimum Gasteiger partial charge on any atom is -0.467 e. The number of thiazole rings is 2. The Balaban J connectivity index is 1.59. The van der Waals surface area contributed by atoms with Gasteiger partial charge in [-0.05, 0) is 44.9 Å². The van der Waals surface area contributed by atoms with E-state index in [2.05, 4.69) is 15.0 Å². The zero-order chi connectivity index (χ0) is 27.4. The van der Waals surface area contributed by atoms with Crippen molar-refractivity contribution in [3.05, 3.63) is 74.9 Å². The molecule has 6 aromatic rings. The smallest absolute Gasteiger partial charge is 0.274 e. The van der Waals surface area contributed by atoms with Crippen molar-refractivity contribution in [2.45, 2.75) is 39.8 Å². The number of fused-ring (bicyclic) bond motifs is 2. The van der Waals surface area contributed by atoms with E-state index in [1.165, 1.54) is 29.0 Å². The fourth-order valence-electron chi connectivity index (χ4n) is 4.67. The van der Waals surface area contributed by atoms with Gasteiger partial charge in [0.25, 0.3) is 10.8 Å². The van der Waals surface area contributed by atoms with Crippen molar-refractivity contribution in [3.63, 3.8) is 0 Å². The number of hydrogen-bond donors (Lipinski definition) is 1. The lowest BCUT2D eigenvalue weighted by Gasteiger charge is -2.18. The second-order valence-electron chi connectivity index (χ2n) is 9.47. The van der Waals surface area contributed by atoms with E-state index in [1.54, 1.807) is 20.7 Å². The van der Waals surface area contributed by atoms with Crippen molar-refractivity contribution in [2.75, 3.05) is 5.73 Å². The number of pyridine rings is 1. The molecule has 0 fully saturated rings. The van der Waals surface area contributed by atoms with Crippen LogP contribution in [0.1, 0.15) is 37.9 Å². The van der Waals surface area contributed by atoms with Crippen LogP contribution in [0.25, 0.3) is 37.6 Å². The van der Waals surface area contributed by atoms with Gasteiger partial charge in [0, 0.05) is 5.38 Å². The van der Waals surface area contributed by atoms with Crippen LogP contribution in [0.2, 0.25) is 5.15 Å². The molecule has 198 valence electrons. The Morgan fingerprint density at radius 3 is 2.72 bits per heavy atom. The molecule has 2 N–H and O–H groups in total. The minimum atomic E-state index is -0.385. The van der Waals surface area contributed by atoms with Gasteiger partial charge in [-0.15, -0.1) is 11.3 Å². The maximum absolute atomic E-state index is 13.9. The molecular formula is C27H24ClN7O2S2. The highest BCUT2D eigenvalue weighted by Crippen LogP contribution is 2.39. The molecule has 0 spiro atoms. The number of rotatable bonds is 6. The van der Waals surface area contributed by atoms with Gasteiger partial charge >= 0.3 is 0 Å². The number of aromatic nitrogens is 6. The molecule has 12 heteroatoms. The van der Waals surface area contributed by atoms with E-state index in [9.17, 15) is 4.79 Å². The largest absolute Gasteiger partial charge is 0.467 e. The van der Waals surface area contributed by atoms with Gasteiger partial charge in [-0.25, -0.2) is 19.6 Å². The number of hydrogen-bond acceptors (Lipinski definition) is 9. The van der Waals surface area contributed by atoms with Crippen LogP contribution in [0, 0.1) is 6.92 Å². The Hall–Kier alpha value is -3.80. The van der Waals surface area contributed by atoms with Crippen LogP contribution in [0.3, 0.4) is 0 Å². The third kappa shape index (κ3) is 4.36. The highest BCUT2D eigenvalue weighted by Gasteiger charge is 2.26. The van der Waals surface area contributed by atoms with E-state index < -0.39 is 0 Å². The summed E-state index contributed by atoms with van der Waals surface area (Å²) in [6.07, 6.45) is 3.13. The van der Waals surface area contributed by atoms with Crippen molar-refractivity contribution >= 4 is 56.0 Å². The third-order valence-corrected chi connectivity index (χ3v) is 8.58. The third-order valence-electron chi connectivity index (χ3n) is 6.39. The van der Waals surface area contributed by atoms with Crippen molar-refractivity contribution in [1.82, 2.24) is 29.1 Å². The standard InChI is InChI=1S/C27H24ClN7O2S2/c1-13(2)37-27-30-10-18(39-27)23-22-24(29)31-12-32-25(22)35(33-23)15(4)17-9-20-34(19(28)11-38-20)26(36)21(17)16-7-5-6-14(3)8-16/h5-13,15H,1-4H3,(H2,29,31,32)/t15-/m0/s1. The van der Waals surface area contributed by atoms with Crippen molar-refractivity contribution in [3.8, 4) is 26.9 Å². The molecular weight excluding hydrogens is 554 g/mol. The summed E-state index contributed by atoms with van der Waals surface area (Å²) in [4.78, 5) is 28.6. The zero-order valence-electron chi connectivity index (χ0n) is 21.5. The van der Waals surface area contributed by atoms with E-state index >= 15 is 0 Å². The summed E-state index contributed by atoms with van der Waals surface area (Å²) >= 11 is 9.22. The quantitative estimate of drug-likeness (QED) is 0.249. The lowest BCUT2D eigenvalue weighted by Crippen LogP contribution is -2.20. The monoisotopic (exact) mass is 577 g/mol. The fraction of sp³-hybridized carbons (Fsp3) is 0.222.